The van der Waals surface area contributed by atoms with E-state index in [1.54, 1.807) is 12.1 Å². The molecule has 1 unspecified atom stereocenters. The van der Waals surface area contributed by atoms with E-state index in [0.717, 1.165) is 44.9 Å². The third-order valence-corrected chi connectivity index (χ3v) is 10.5. The maximum absolute atomic E-state index is 13.9. The first kappa shape index (κ1) is 28.9. The highest BCUT2D eigenvalue weighted by molar-refractivity contribution is 7.87. The fourth-order valence-corrected chi connectivity index (χ4v) is 7.42. The van der Waals surface area contributed by atoms with Crippen molar-refractivity contribution in [3.05, 3.63) is 59.2 Å². The normalized spacial score (nSPS) is 20.3. The van der Waals surface area contributed by atoms with Crippen molar-refractivity contribution in [3.63, 3.8) is 0 Å². The highest BCUT2D eigenvalue weighted by atomic mass is 32.2. The summed E-state index contributed by atoms with van der Waals surface area (Å²) in [5.74, 6) is -0.579. The molecular weight excluding hydrogens is 554 g/mol. The second-order valence-electron chi connectivity index (χ2n) is 12.0. The molecule has 42 heavy (non-hydrogen) atoms. The first-order valence-electron chi connectivity index (χ1n) is 14.9. The van der Waals surface area contributed by atoms with Gasteiger partial charge in [-0.2, -0.15) is 17.8 Å². The van der Waals surface area contributed by atoms with Crippen molar-refractivity contribution >= 4 is 32.9 Å². The summed E-state index contributed by atoms with van der Waals surface area (Å²) in [6.45, 7) is 2.25. The Balaban J connectivity index is 1.50. The van der Waals surface area contributed by atoms with Crippen LogP contribution in [0.4, 0.5) is 0 Å². The molecule has 3 heterocycles. The quantitative estimate of drug-likeness (QED) is 0.467. The number of rotatable bonds is 5. The lowest BCUT2D eigenvalue weighted by Crippen LogP contribution is -2.50. The Labute approximate surface area is 247 Å². The van der Waals surface area contributed by atoms with E-state index >= 15 is 0 Å². The van der Waals surface area contributed by atoms with E-state index in [4.69, 9.17) is 0 Å². The molecule has 1 aliphatic carbocycles. The molecule has 2 fully saturated rings. The number of carbonyl (C=O) groups is 2. The Morgan fingerprint density at radius 2 is 1.69 bits per heavy atom. The molecule has 224 valence electrons. The minimum atomic E-state index is -3.95. The first-order chi connectivity index (χ1) is 20.1. The molecule has 0 bridgehead atoms. The average molecular weight is 594 g/mol. The van der Waals surface area contributed by atoms with Crippen LogP contribution in [0.3, 0.4) is 0 Å². The summed E-state index contributed by atoms with van der Waals surface area (Å²) >= 11 is 0. The summed E-state index contributed by atoms with van der Waals surface area (Å²) in [7, 11) is -1.21. The van der Waals surface area contributed by atoms with E-state index < -0.39 is 16.1 Å². The topological polar surface area (TPSA) is 115 Å². The van der Waals surface area contributed by atoms with Gasteiger partial charge in [0.1, 0.15) is 0 Å². The molecule has 11 heteroatoms. The Kier molecular flexibility index (Phi) is 7.86. The molecule has 3 aliphatic rings. The summed E-state index contributed by atoms with van der Waals surface area (Å²) in [6.07, 6.45) is 6.33. The Morgan fingerprint density at radius 3 is 2.40 bits per heavy atom. The van der Waals surface area contributed by atoms with Crippen molar-refractivity contribution in [1.29, 1.82) is 0 Å². The van der Waals surface area contributed by atoms with E-state index in [1.807, 2.05) is 23.1 Å². The van der Waals surface area contributed by atoms with Crippen LogP contribution in [0.1, 0.15) is 59.5 Å². The molecule has 0 spiro atoms. The van der Waals surface area contributed by atoms with Crippen molar-refractivity contribution in [2.75, 3.05) is 40.3 Å². The number of benzene rings is 2. The number of hydroxylamine groups is 2. The minimum Gasteiger partial charge on any atom is -0.340 e. The zero-order chi connectivity index (χ0) is 29.6. The molecule has 1 saturated heterocycles. The van der Waals surface area contributed by atoms with Gasteiger partial charge in [0.15, 0.2) is 0 Å². The Hall–Kier alpha value is -3.25. The van der Waals surface area contributed by atoms with Crippen LogP contribution in [0.5, 0.6) is 0 Å². The van der Waals surface area contributed by atoms with Gasteiger partial charge < -0.3 is 14.7 Å². The van der Waals surface area contributed by atoms with Crippen LogP contribution in [0.25, 0.3) is 22.2 Å². The zero-order valence-corrected chi connectivity index (χ0v) is 25.1. The Morgan fingerprint density at radius 1 is 0.976 bits per heavy atom. The van der Waals surface area contributed by atoms with E-state index in [2.05, 4.69) is 21.4 Å². The van der Waals surface area contributed by atoms with Crippen LogP contribution in [-0.4, -0.2) is 84.5 Å². The molecule has 1 saturated carbocycles. The van der Waals surface area contributed by atoms with Gasteiger partial charge >= 0.3 is 10.2 Å². The summed E-state index contributed by atoms with van der Waals surface area (Å²) in [5, 5.41) is 12.2. The fraction of sp³-hybridized carbons (Fsp3) is 0.484. The highest BCUT2D eigenvalue weighted by Crippen LogP contribution is 2.46. The number of hydrogen-bond donors (Lipinski definition) is 2. The van der Waals surface area contributed by atoms with Crippen molar-refractivity contribution in [2.45, 2.75) is 51.0 Å². The van der Waals surface area contributed by atoms with Crippen molar-refractivity contribution in [1.82, 2.24) is 23.6 Å². The molecule has 6 rings (SSSR count). The molecule has 0 radical (unpaired) electrons. The van der Waals surface area contributed by atoms with Gasteiger partial charge in [-0.1, -0.05) is 49.6 Å². The number of carbonyl (C=O) groups excluding carboxylic acids is 2. The zero-order valence-electron chi connectivity index (χ0n) is 24.3. The van der Waals surface area contributed by atoms with E-state index in [9.17, 15) is 23.2 Å². The first-order valence-corrected chi connectivity index (χ1v) is 16.3. The summed E-state index contributed by atoms with van der Waals surface area (Å²) < 4.78 is 30.2. The van der Waals surface area contributed by atoms with Crippen LogP contribution in [0.2, 0.25) is 0 Å². The SMILES string of the molecule is CN(C)S(=O)(=O)NC(=O)c1ccc2c(C3CCCCC3)c3n(c2c1)CC(C(=O)N1CCN(O)CC1)Cc1ccccc1-3. The van der Waals surface area contributed by atoms with Crippen LogP contribution in [0.15, 0.2) is 42.5 Å². The number of aromatic nitrogens is 1. The number of hydrogen-bond acceptors (Lipinski definition) is 6. The van der Waals surface area contributed by atoms with Gasteiger partial charge in [0, 0.05) is 68.8 Å². The van der Waals surface area contributed by atoms with Crippen LogP contribution in [-0.2, 0) is 28.0 Å². The maximum Gasteiger partial charge on any atom is 0.303 e. The van der Waals surface area contributed by atoms with Crippen molar-refractivity contribution < 1.29 is 23.2 Å². The van der Waals surface area contributed by atoms with Gasteiger partial charge in [-0.15, -0.1) is 0 Å². The number of nitrogens with one attached hydrogen (secondary N) is 1. The summed E-state index contributed by atoms with van der Waals surface area (Å²) in [4.78, 5) is 28.9. The van der Waals surface area contributed by atoms with Crippen LogP contribution >= 0.6 is 0 Å². The molecule has 2 aromatic carbocycles. The van der Waals surface area contributed by atoms with Gasteiger partial charge in [0.2, 0.25) is 5.91 Å². The lowest BCUT2D eigenvalue weighted by molar-refractivity contribution is -0.149. The average Bonchev–Trinajstić information content (AvgIpc) is 3.19. The molecule has 3 aromatic rings. The third-order valence-electron chi connectivity index (χ3n) is 9.14. The minimum absolute atomic E-state index is 0.0674. The lowest BCUT2D eigenvalue weighted by Gasteiger charge is -2.33. The number of nitrogens with zero attached hydrogens (tertiary/aromatic N) is 4. The van der Waals surface area contributed by atoms with Crippen molar-refractivity contribution in [3.8, 4) is 11.3 Å². The summed E-state index contributed by atoms with van der Waals surface area (Å²) in [5.41, 5.74) is 5.72. The molecule has 2 N–H and O–H groups in total. The van der Waals surface area contributed by atoms with E-state index in [0.29, 0.717) is 45.1 Å². The molecule has 10 nitrogen and oxygen atoms in total. The Bertz CT molecular complexity index is 1620. The lowest BCUT2D eigenvalue weighted by atomic mass is 9.81. The van der Waals surface area contributed by atoms with E-state index in [-0.39, 0.29) is 17.4 Å². The molecular formula is C31H39N5O5S. The highest BCUT2D eigenvalue weighted by Gasteiger charge is 2.35. The van der Waals surface area contributed by atoms with Gasteiger partial charge in [-0.05, 0) is 48.4 Å². The number of piperazine rings is 1. The monoisotopic (exact) mass is 593 g/mol. The van der Waals surface area contributed by atoms with Gasteiger partial charge in [-0.3, -0.25) is 9.59 Å². The van der Waals surface area contributed by atoms with E-state index in [1.165, 1.54) is 44.0 Å². The standard InChI is InChI=1S/C31H39N5O5S/c1-33(2)42(40,41)32-30(37)23-12-13-26-27(19-23)36-20-24(31(38)34-14-16-35(39)17-15-34)18-22-10-6-7-11-25(22)29(36)28(26)21-8-4-3-5-9-21/h6-7,10-13,19,21,24,39H,3-5,8-9,14-18,20H2,1-2H3,(H,32,37). The molecule has 1 aromatic heterocycles. The molecule has 2 amide bonds. The van der Waals surface area contributed by atoms with Crippen LogP contribution < -0.4 is 4.72 Å². The second kappa shape index (κ2) is 11.4. The smallest absolute Gasteiger partial charge is 0.303 e. The number of amides is 2. The third kappa shape index (κ3) is 5.34. The summed E-state index contributed by atoms with van der Waals surface area (Å²) in [6, 6.07) is 13.8. The maximum atomic E-state index is 13.9. The largest absolute Gasteiger partial charge is 0.340 e. The van der Waals surface area contributed by atoms with Gasteiger partial charge in [0.05, 0.1) is 11.6 Å². The van der Waals surface area contributed by atoms with Crippen molar-refractivity contribution in [2.24, 2.45) is 5.92 Å². The van der Waals surface area contributed by atoms with Crippen LogP contribution in [0, 0.1) is 5.92 Å². The molecule has 1 atom stereocenters. The van der Waals surface area contributed by atoms with Gasteiger partial charge in [0.25, 0.3) is 5.91 Å². The van der Waals surface area contributed by atoms with Gasteiger partial charge in [-0.25, -0.2) is 4.72 Å². The predicted molar refractivity (Wildman–Crippen MR) is 160 cm³/mol. The number of fused-ring (bicyclic) bond motifs is 5. The fourth-order valence-electron chi connectivity index (χ4n) is 6.89. The second-order valence-corrected chi connectivity index (χ2v) is 13.9. The molecule has 2 aliphatic heterocycles. The predicted octanol–water partition coefficient (Wildman–Crippen LogP) is 3.60.